The van der Waals surface area contributed by atoms with Crippen molar-refractivity contribution < 1.29 is 0 Å². The van der Waals surface area contributed by atoms with E-state index >= 15 is 0 Å². The van der Waals surface area contributed by atoms with Crippen molar-refractivity contribution in [2.24, 2.45) is 5.92 Å². The van der Waals surface area contributed by atoms with E-state index in [1.165, 1.54) is 25.7 Å². The molecule has 3 nitrogen and oxygen atoms in total. The smallest absolute Gasteiger partial charge is 0.103 e. The number of nitrogens with one attached hydrogen (secondary N) is 1. The Labute approximate surface area is 109 Å². The molecule has 0 saturated heterocycles. The lowest BCUT2D eigenvalue weighted by molar-refractivity contribution is 0.349. The highest BCUT2D eigenvalue weighted by Gasteiger charge is 2.22. The lowest BCUT2D eigenvalue weighted by atomic mass is 9.85. The minimum Gasteiger partial charge on any atom is -0.381 e. The van der Waals surface area contributed by atoms with E-state index in [1.807, 2.05) is 19.9 Å². The van der Waals surface area contributed by atoms with Gasteiger partial charge in [0.05, 0.1) is 16.9 Å². The summed E-state index contributed by atoms with van der Waals surface area (Å²) in [5, 5.41) is 12.8. The molecule has 1 aromatic rings. The molecule has 1 heterocycles. The number of hydrogen-bond donors (Lipinski definition) is 1. The predicted molar refractivity (Wildman–Crippen MR) is 73.5 cm³/mol. The highest BCUT2D eigenvalue weighted by molar-refractivity contribution is 5.60. The highest BCUT2D eigenvalue weighted by atomic mass is 14.9. The number of anilines is 1. The number of pyridine rings is 1. The zero-order valence-corrected chi connectivity index (χ0v) is 11.5. The van der Waals surface area contributed by atoms with Gasteiger partial charge in [-0.2, -0.15) is 5.26 Å². The molecule has 0 aliphatic heterocycles. The molecule has 1 aromatic heterocycles. The van der Waals surface area contributed by atoms with Gasteiger partial charge in [0.2, 0.25) is 0 Å². The van der Waals surface area contributed by atoms with Crippen molar-refractivity contribution >= 4 is 5.69 Å². The summed E-state index contributed by atoms with van der Waals surface area (Å²) in [6.45, 7) is 6.18. The normalized spacial score (nSPS) is 23.4. The number of nitriles is 1. The van der Waals surface area contributed by atoms with Gasteiger partial charge in [0, 0.05) is 11.7 Å². The first-order valence-corrected chi connectivity index (χ1v) is 6.76. The molecule has 2 unspecified atom stereocenters. The minimum atomic E-state index is 0.493. The second kappa shape index (κ2) is 5.39. The maximum Gasteiger partial charge on any atom is 0.103 e. The van der Waals surface area contributed by atoms with Crippen LogP contribution < -0.4 is 5.32 Å². The van der Waals surface area contributed by atoms with Gasteiger partial charge in [-0.3, -0.25) is 4.98 Å². The molecule has 18 heavy (non-hydrogen) atoms. The molecule has 3 heteroatoms. The van der Waals surface area contributed by atoms with Gasteiger partial charge in [-0.15, -0.1) is 0 Å². The van der Waals surface area contributed by atoms with Gasteiger partial charge in [0.25, 0.3) is 0 Å². The second-order valence-corrected chi connectivity index (χ2v) is 5.40. The highest BCUT2D eigenvalue weighted by Crippen LogP contribution is 2.28. The van der Waals surface area contributed by atoms with Crippen molar-refractivity contribution in [2.75, 3.05) is 5.32 Å². The molecule has 1 saturated carbocycles. The first-order chi connectivity index (χ1) is 8.61. The Bertz CT molecular complexity index is 473. The first-order valence-electron chi connectivity index (χ1n) is 6.76. The fraction of sp³-hybridized carbons (Fsp3) is 0.600. The molecular formula is C15H21N3. The van der Waals surface area contributed by atoms with Gasteiger partial charge >= 0.3 is 0 Å². The largest absolute Gasteiger partial charge is 0.381 e. The third kappa shape index (κ3) is 2.64. The van der Waals surface area contributed by atoms with E-state index in [-0.39, 0.29) is 0 Å². The molecular weight excluding hydrogens is 222 g/mol. The molecule has 0 radical (unpaired) electrons. The van der Waals surface area contributed by atoms with Crippen molar-refractivity contribution in [3.63, 3.8) is 0 Å². The summed E-state index contributed by atoms with van der Waals surface area (Å²) < 4.78 is 0. The van der Waals surface area contributed by atoms with Crippen LogP contribution in [0.15, 0.2) is 6.07 Å². The van der Waals surface area contributed by atoms with Crippen LogP contribution >= 0.6 is 0 Å². The van der Waals surface area contributed by atoms with E-state index < -0.39 is 0 Å². The van der Waals surface area contributed by atoms with Crippen LogP contribution in [0.2, 0.25) is 0 Å². The number of rotatable bonds is 2. The minimum absolute atomic E-state index is 0.493. The summed E-state index contributed by atoms with van der Waals surface area (Å²) in [5.41, 5.74) is 3.44. The Morgan fingerprint density at radius 1 is 1.33 bits per heavy atom. The van der Waals surface area contributed by atoms with E-state index in [2.05, 4.69) is 23.3 Å². The van der Waals surface area contributed by atoms with Gasteiger partial charge in [0.1, 0.15) is 6.07 Å². The van der Waals surface area contributed by atoms with E-state index in [0.29, 0.717) is 17.5 Å². The summed E-state index contributed by atoms with van der Waals surface area (Å²) in [5.74, 6) is 0.680. The van der Waals surface area contributed by atoms with Gasteiger partial charge in [-0.05, 0) is 38.7 Å². The molecule has 1 aliphatic rings. The fourth-order valence-electron chi connectivity index (χ4n) is 2.81. The monoisotopic (exact) mass is 243 g/mol. The van der Waals surface area contributed by atoms with Crippen molar-refractivity contribution in [1.82, 2.24) is 4.98 Å². The average molecular weight is 243 g/mol. The average Bonchev–Trinajstić information content (AvgIpc) is 2.31. The lowest BCUT2D eigenvalue weighted by Crippen LogP contribution is -2.30. The standard InChI is InChI=1S/C15H21N3/c1-10-6-4-5-7-14(10)18-15-8-11(2)17-12(3)13(15)9-16/h8,10,14H,4-7H2,1-3H3,(H,17,18). The number of aromatic nitrogens is 1. The zero-order chi connectivity index (χ0) is 13.1. The van der Waals surface area contributed by atoms with Crippen LogP contribution in [-0.2, 0) is 0 Å². The Morgan fingerprint density at radius 3 is 2.72 bits per heavy atom. The predicted octanol–water partition coefficient (Wildman–Crippen LogP) is 3.56. The second-order valence-electron chi connectivity index (χ2n) is 5.40. The van der Waals surface area contributed by atoms with Gasteiger partial charge in [0.15, 0.2) is 0 Å². The van der Waals surface area contributed by atoms with Gasteiger partial charge in [-0.1, -0.05) is 19.8 Å². The van der Waals surface area contributed by atoms with Gasteiger partial charge in [-0.25, -0.2) is 0 Å². The topological polar surface area (TPSA) is 48.7 Å². The summed E-state index contributed by atoms with van der Waals surface area (Å²) in [6, 6.07) is 4.76. The summed E-state index contributed by atoms with van der Waals surface area (Å²) in [6.07, 6.45) is 5.10. The molecule has 1 N–H and O–H groups in total. The Morgan fingerprint density at radius 2 is 2.06 bits per heavy atom. The SMILES string of the molecule is Cc1cc(NC2CCCCC2C)c(C#N)c(C)n1. The first kappa shape index (κ1) is 12.9. The van der Waals surface area contributed by atoms with E-state index in [0.717, 1.165) is 17.1 Å². The number of nitrogens with zero attached hydrogens (tertiary/aromatic N) is 2. The molecule has 0 amide bonds. The summed E-state index contributed by atoms with van der Waals surface area (Å²) in [4.78, 5) is 4.35. The third-order valence-electron chi connectivity index (χ3n) is 3.89. The van der Waals surface area contributed by atoms with E-state index in [4.69, 9.17) is 0 Å². The Balaban J connectivity index is 2.25. The van der Waals surface area contributed by atoms with Crippen molar-refractivity contribution in [3.05, 3.63) is 23.0 Å². The summed E-state index contributed by atoms with van der Waals surface area (Å²) >= 11 is 0. The van der Waals surface area contributed by atoms with Crippen LogP contribution in [0.1, 0.15) is 49.6 Å². The van der Waals surface area contributed by atoms with E-state index in [1.54, 1.807) is 0 Å². The number of hydrogen-bond acceptors (Lipinski definition) is 3. The molecule has 2 atom stereocenters. The summed E-state index contributed by atoms with van der Waals surface area (Å²) in [7, 11) is 0. The molecule has 0 bridgehead atoms. The number of aryl methyl sites for hydroxylation is 2. The van der Waals surface area contributed by atoms with E-state index in [9.17, 15) is 5.26 Å². The molecule has 96 valence electrons. The van der Waals surface area contributed by atoms with Crippen LogP contribution in [0.4, 0.5) is 5.69 Å². The Hall–Kier alpha value is -1.56. The van der Waals surface area contributed by atoms with Crippen LogP contribution in [0, 0.1) is 31.1 Å². The van der Waals surface area contributed by atoms with Crippen LogP contribution in [0.5, 0.6) is 0 Å². The molecule has 0 spiro atoms. The molecule has 2 rings (SSSR count). The molecule has 0 aromatic carbocycles. The lowest BCUT2D eigenvalue weighted by Gasteiger charge is -2.30. The Kier molecular flexibility index (Phi) is 3.86. The van der Waals surface area contributed by atoms with Crippen molar-refractivity contribution in [1.29, 1.82) is 5.26 Å². The molecule has 1 fully saturated rings. The zero-order valence-electron chi connectivity index (χ0n) is 11.5. The molecule has 1 aliphatic carbocycles. The van der Waals surface area contributed by atoms with Crippen LogP contribution in [0.25, 0.3) is 0 Å². The quantitative estimate of drug-likeness (QED) is 0.864. The maximum absolute atomic E-state index is 9.26. The van der Waals surface area contributed by atoms with Crippen molar-refractivity contribution in [2.45, 2.75) is 52.5 Å². The van der Waals surface area contributed by atoms with Gasteiger partial charge < -0.3 is 5.32 Å². The van der Waals surface area contributed by atoms with Crippen LogP contribution in [-0.4, -0.2) is 11.0 Å². The maximum atomic E-state index is 9.26. The fourth-order valence-corrected chi connectivity index (χ4v) is 2.81. The third-order valence-corrected chi connectivity index (χ3v) is 3.89. The van der Waals surface area contributed by atoms with Crippen LogP contribution in [0.3, 0.4) is 0 Å². The van der Waals surface area contributed by atoms with Crippen molar-refractivity contribution in [3.8, 4) is 6.07 Å².